The van der Waals surface area contributed by atoms with Crippen LogP contribution in [0.15, 0.2) is 51.7 Å². The Hall–Kier alpha value is -1.37. The van der Waals surface area contributed by atoms with Gasteiger partial charge in [-0.3, -0.25) is 0 Å². The molecule has 1 aromatic carbocycles. The molecule has 0 fully saturated rings. The fraction of sp³-hybridized carbons (Fsp3) is 0.421. The molecule has 7 nitrogen and oxygen atoms in total. The fourth-order valence-electron chi connectivity index (χ4n) is 2.68. The number of hydrogen-bond donors (Lipinski definition) is 3. The van der Waals surface area contributed by atoms with Gasteiger partial charge in [-0.1, -0.05) is 18.2 Å². The molecule has 0 spiro atoms. The lowest BCUT2D eigenvalue weighted by Crippen LogP contribution is -2.38. The average molecular weight is 552 g/mol. The van der Waals surface area contributed by atoms with Crippen molar-refractivity contribution in [1.29, 1.82) is 0 Å². The lowest BCUT2D eigenvalue weighted by molar-refractivity contribution is 0.600. The van der Waals surface area contributed by atoms with Crippen LogP contribution in [0.2, 0.25) is 0 Å². The molecule has 4 N–H and O–H groups in total. The van der Waals surface area contributed by atoms with Crippen molar-refractivity contribution >= 4 is 57.0 Å². The molecule has 2 rings (SSSR count). The highest BCUT2D eigenvalue weighted by atomic mass is 127. The molecule has 0 atom stereocenters. The van der Waals surface area contributed by atoms with Crippen molar-refractivity contribution in [3.05, 3.63) is 47.3 Å². The first-order chi connectivity index (χ1) is 13.4. The van der Waals surface area contributed by atoms with Crippen molar-refractivity contribution in [2.45, 2.75) is 31.0 Å². The zero-order valence-electron chi connectivity index (χ0n) is 16.8. The molecule has 0 unspecified atom stereocenters. The maximum Gasteiger partial charge on any atom is 0.247 e. The number of guanidine groups is 1. The van der Waals surface area contributed by atoms with E-state index in [9.17, 15) is 8.42 Å². The lowest BCUT2D eigenvalue weighted by Gasteiger charge is -2.23. The molecule has 1 aromatic heterocycles. The average Bonchev–Trinajstić information content (AvgIpc) is 3.16. The topological polar surface area (TPSA) is 99.8 Å². The molecule has 0 amide bonds. The highest BCUT2D eigenvalue weighted by Gasteiger charge is 2.11. The number of sulfonamides is 1. The van der Waals surface area contributed by atoms with Gasteiger partial charge < -0.3 is 15.5 Å². The van der Waals surface area contributed by atoms with Crippen molar-refractivity contribution in [2.24, 2.45) is 10.1 Å². The number of aliphatic imine (C=N–C) groups is 1. The van der Waals surface area contributed by atoms with Gasteiger partial charge in [0.05, 0.1) is 6.54 Å². The summed E-state index contributed by atoms with van der Waals surface area (Å²) in [5.41, 5.74) is 1.23. The minimum Gasteiger partial charge on any atom is -0.372 e. The van der Waals surface area contributed by atoms with Crippen LogP contribution in [0.25, 0.3) is 0 Å². The molecule has 0 bridgehead atoms. The van der Waals surface area contributed by atoms with E-state index in [4.69, 9.17) is 5.14 Å². The molecule has 0 aliphatic rings. The minimum atomic E-state index is -3.65. The SMILES string of the molecule is CCNC(=NCc1ccc(S(N)(=O)=O)s1)NCCCN(CC)c1ccccc1.I. The molecule has 2 aromatic rings. The second-order valence-electron chi connectivity index (χ2n) is 6.16. The Morgan fingerprint density at radius 3 is 2.45 bits per heavy atom. The van der Waals surface area contributed by atoms with Crippen LogP contribution in [0.4, 0.5) is 5.69 Å². The molecule has 0 aliphatic heterocycles. The number of rotatable bonds is 10. The largest absolute Gasteiger partial charge is 0.372 e. The predicted molar refractivity (Wildman–Crippen MR) is 133 cm³/mol. The summed E-state index contributed by atoms with van der Waals surface area (Å²) in [4.78, 5) is 7.72. The molecular weight excluding hydrogens is 521 g/mol. The van der Waals surface area contributed by atoms with Crippen LogP contribution >= 0.6 is 35.3 Å². The molecule has 29 heavy (non-hydrogen) atoms. The van der Waals surface area contributed by atoms with Gasteiger partial charge in [-0.25, -0.2) is 18.5 Å². The third kappa shape index (κ3) is 8.89. The van der Waals surface area contributed by atoms with Crippen LogP contribution in [0.5, 0.6) is 0 Å². The second-order valence-corrected chi connectivity index (χ2v) is 9.11. The molecule has 0 radical (unpaired) electrons. The van der Waals surface area contributed by atoms with Gasteiger partial charge in [-0.2, -0.15) is 0 Å². The van der Waals surface area contributed by atoms with E-state index in [1.54, 1.807) is 6.07 Å². The van der Waals surface area contributed by atoms with E-state index in [-0.39, 0.29) is 28.2 Å². The van der Waals surface area contributed by atoms with Gasteiger partial charge in [-0.05, 0) is 44.5 Å². The Labute approximate surface area is 194 Å². The van der Waals surface area contributed by atoms with E-state index in [0.29, 0.717) is 6.54 Å². The first kappa shape index (κ1) is 25.7. The first-order valence-electron chi connectivity index (χ1n) is 9.37. The number of nitrogens with zero attached hydrogens (tertiary/aromatic N) is 2. The number of benzene rings is 1. The molecule has 1 heterocycles. The monoisotopic (exact) mass is 551 g/mol. The number of nitrogens with one attached hydrogen (secondary N) is 2. The minimum absolute atomic E-state index is 0. The van der Waals surface area contributed by atoms with Gasteiger partial charge in [0.15, 0.2) is 5.96 Å². The quantitative estimate of drug-likeness (QED) is 0.183. The normalized spacial score (nSPS) is 11.6. The Balaban J connectivity index is 0.00000420. The van der Waals surface area contributed by atoms with E-state index < -0.39 is 10.0 Å². The summed E-state index contributed by atoms with van der Waals surface area (Å²) in [6.45, 7) is 8.03. The summed E-state index contributed by atoms with van der Waals surface area (Å²) < 4.78 is 22.9. The van der Waals surface area contributed by atoms with Crippen molar-refractivity contribution < 1.29 is 8.42 Å². The van der Waals surface area contributed by atoms with Gasteiger partial charge in [0, 0.05) is 36.7 Å². The number of halogens is 1. The third-order valence-electron chi connectivity index (χ3n) is 4.05. The van der Waals surface area contributed by atoms with Crippen LogP contribution in [0, 0.1) is 0 Å². The summed E-state index contributed by atoms with van der Waals surface area (Å²) >= 11 is 1.15. The zero-order chi connectivity index (χ0) is 20.4. The Bertz CT molecular complexity index is 856. The molecule has 0 saturated heterocycles. The van der Waals surface area contributed by atoms with Crippen LogP contribution in [0.1, 0.15) is 25.1 Å². The number of hydrogen-bond acceptors (Lipinski definition) is 5. The van der Waals surface area contributed by atoms with E-state index in [2.05, 4.69) is 51.7 Å². The van der Waals surface area contributed by atoms with E-state index >= 15 is 0 Å². The number of nitrogens with two attached hydrogens (primary N) is 1. The van der Waals surface area contributed by atoms with E-state index in [1.807, 2.05) is 13.0 Å². The second kappa shape index (κ2) is 13.0. The summed E-state index contributed by atoms with van der Waals surface area (Å²) in [7, 11) is -3.65. The van der Waals surface area contributed by atoms with E-state index in [1.165, 1.54) is 11.8 Å². The fourth-order valence-corrected chi connectivity index (χ4v) is 4.38. The molecule has 162 valence electrons. The van der Waals surface area contributed by atoms with Crippen molar-refractivity contribution in [3.8, 4) is 0 Å². The van der Waals surface area contributed by atoms with Gasteiger partial charge in [0.25, 0.3) is 0 Å². The van der Waals surface area contributed by atoms with Gasteiger partial charge in [-0.15, -0.1) is 35.3 Å². The molecule has 0 saturated carbocycles. The van der Waals surface area contributed by atoms with Crippen LogP contribution in [-0.2, 0) is 16.6 Å². The summed E-state index contributed by atoms with van der Waals surface area (Å²) in [5.74, 6) is 0.718. The van der Waals surface area contributed by atoms with Crippen LogP contribution in [0.3, 0.4) is 0 Å². The molecule has 10 heteroatoms. The highest BCUT2D eigenvalue weighted by Crippen LogP contribution is 2.20. The number of primary sulfonamides is 1. The predicted octanol–water partition coefficient (Wildman–Crippen LogP) is 2.99. The number of para-hydroxylation sites is 1. The summed E-state index contributed by atoms with van der Waals surface area (Å²) in [5, 5.41) is 11.7. The molecule has 0 aliphatic carbocycles. The zero-order valence-corrected chi connectivity index (χ0v) is 20.8. The lowest BCUT2D eigenvalue weighted by atomic mass is 10.2. The third-order valence-corrected chi connectivity index (χ3v) is 6.56. The summed E-state index contributed by atoms with van der Waals surface area (Å²) in [6, 6.07) is 13.6. The molecular formula is C19H30IN5O2S2. The number of thiophene rings is 1. The summed E-state index contributed by atoms with van der Waals surface area (Å²) in [6.07, 6.45) is 0.974. The van der Waals surface area contributed by atoms with Gasteiger partial charge in [0.1, 0.15) is 4.21 Å². The highest BCUT2D eigenvalue weighted by molar-refractivity contribution is 14.0. The van der Waals surface area contributed by atoms with Crippen molar-refractivity contribution in [3.63, 3.8) is 0 Å². The Morgan fingerprint density at radius 2 is 1.86 bits per heavy atom. The standard InChI is InChI=1S/C19H29N5O2S2.HI/c1-3-21-19(23-15-17-11-12-18(27-17)28(20,25)26)22-13-8-14-24(4-2)16-9-6-5-7-10-16;/h5-7,9-12H,3-4,8,13-15H2,1-2H3,(H2,20,25,26)(H2,21,22,23);1H. The first-order valence-corrected chi connectivity index (χ1v) is 11.7. The van der Waals surface area contributed by atoms with Gasteiger partial charge in [0.2, 0.25) is 10.0 Å². The Kier molecular flexibility index (Phi) is 11.5. The van der Waals surface area contributed by atoms with Crippen LogP contribution < -0.4 is 20.7 Å². The van der Waals surface area contributed by atoms with E-state index in [0.717, 1.165) is 54.8 Å². The maximum absolute atomic E-state index is 11.4. The van der Waals surface area contributed by atoms with Crippen LogP contribution in [-0.4, -0.2) is 40.6 Å². The smallest absolute Gasteiger partial charge is 0.247 e. The Morgan fingerprint density at radius 1 is 1.14 bits per heavy atom. The van der Waals surface area contributed by atoms with Crippen molar-refractivity contribution in [2.75, 3.05) is 31.1 Å². The number of anilines is 1. The van der Waals surface area contributed by atoms with Gasteiger partial charge >= 0.3 is 0 Å². The maximum atomic E-state index is 11.4. The van der Waals surface area contributed by atoms with Crippen molar-refractivity contribution in [1.82, 2.24) is 10.6 Å².